The summed E-state index contributed by atoms with van der Waals surface area (Å²) in [5.41, 5.74) is 1.73. The molecular weight excluding hydrogens is 266 g/mol. The van der Waals surface area contributed by atoms with Crippen LogP contribution in [0, 0.1) is 10.7 Å². The van der Waals surface area contributed by atoms with Crippen molar-refractivity contribution < 1.29 is 5.11 Å². The first-order chi connectivity index (χ1) is 9.57. The number of hydrogen-bond acceptors (Lipinski definition) is 3. The van der Waals surface area contributed by atoms with E-state index in [0.717, 1.165) is 17.3 Å². The van der Waals surface area contributed by atoms with Gasteiger partial charge in [-0.15, -0.1) is 0 Å². The van der Waals surface area contributed by atoms with E-state index in [1.165, 1.54) is 0 Å². The third kappa shape index (κ3) is 4.12. The van der Waals surface area contributed by atoms with Gasteiger partial charge in [-0.25, -0.2) is 0 Å². The van der Waals surface area contributed by atoms with Crippen LogP contribution in [0.1, 0.15) is 18.9 Å². The summed E-state index contributed by atoms with van der Waals surface area (Å²) in [5.74, 6) is 0. The maximum atomic E-state index is 10.4. The third-order valence-electron chi connectivity index (χ3n) is 3.17. The van der Waals surface area contributed by atoms with E-state index in [9.17, 15) is 5.11 Å². The fourth-order valence-electron chi connectivity index (χ4n) is 2.05. The lowest BCUT2D eigenvalue weighted by atomic mass is 9.91. The fraction of sp³-hybridized carbons (Fsp3) is 0.235. The molecule has 0 aromatic heterocycles. The Balaban J connectivity index is 3.04. The molecule has 1 aromatic carbocycles. The molecule has 0 aliphatic heterocycles. The highest BCUT2D eigenvalue weighted by Crippen LogP contribution is 2.40. The van der Waals surface area contributed by atoms with Crippen LogP contribution in [0.2, 0.25) is 0 Å². The molecule has 0 bridgehead atoms. The standard InChI is InChI=1S/C17H19NOS/c1-4-9-14(5-2)16(19)12-17(3,20-13-18)15-10-7-6-8-11-15/h4-11,16,19H,1-2,12H2,3H3/b14-9+. The van der Waals surface area contributed by atoms with E-state index in [2.05, 4.69) is 18.6 Å². The predicted molar refractivity (Wildman–Crippen MR) is 86.1 cm³/mol. The largest absolute Gasteiger partial charge is 0.388 e. The maximum Gasteiger partial charge on any atom is 0.134 e. The predicted octanol–water partition coefficient (Wildman–Crippen LogP) is 4.17. The van der Waals surface area contributed by atoms with Gasteiger partial charge in [-0.05, 0) is 36.2 Å². The van der Waals surface area contributed by atoms with Gasteiger partial charge in [0, 0.05) is 0 Å². The Morgan fingerprint density at radius 2 is 2.10 bits per heavy atom. The molecule has 0 saturated carbocycles. The zero-order valence-corrected chi connectivity index (χ0v) is 12.4. The summed E-state index contributed by atoms with van der Waals surface area (Å²) in [7, 11) is 0. The molecule has 2 atom stereocenters. The van der Waals surface area contributed by atoms with Crippen LogP contribution in [0.25, 0.3) is 0 Å². The van der Waals surface area contributed by atoms with Gasteiger partial charge in [-0.2, -0.15) is 5.26 Å². The van der Waals surface area contributed by atoms with E-state index >= 15 is 0 Å². The summed E-state index contributed by atoms with van der Waals surface area (Å²) in [4.78, 5) is 0. The molecule has 0 amide bonds. The van der Waals surface area contributed by atoms with Crippen LogP contribution in [0.15, 0.2) is 67.3 Å². The first-order valence-corrected chi connectivity index (χ1v) is 7.14. The molecule has 0 spiro atoms. The third-order valence-corrected chi connectivity index (χ3v) is 4.11. The van der Waals surface area contributed by atoms with E-state index in [1.54, 1.807) is 18.2 Å². The number of rotatable bonds is 7. The lowest BCUT2D eigenvalue weighted by molar-refractivity contribution is 0.190. The van der Waals surface area contributed by atoms with Crippen LogP contribution < -0.4 is 0 Å². The minimum Gasteiger partial charge on any atom is -0.388 e. The van der Waals surface area contributed by atoms with Crippen LogP contribution >= 0.6 is 11.8 Å². The molecular formula is C17H19NOS. The Kier molecular flexibility index (Phi) is 6.30. The van der Waals surface area contributed by atoms with Gasteiger partial charge < -0.3 is 5.11 Å². The van der Waals surface area contributed by atoms with Gasteiger partial charge in [0.05, 0.1) is 10.9 Å². The minimum atomic E-state index is -0.684. The van der Waals surface area contributed by atoms with Gasteiger partial charge in [0.15, 0.2) is 0 Å². The molecule has 0 saturated heterocycles. The fourth-order valence-corrected chi connectivity index (χ4v) is 2.74. The van der Waals surface area contributed by atoms with Gasteiger partial charge in [0.2, 0.25) is 0 Å². The molecule has 20 heavy (non-hydrogen) atoms. The second kappa shape index (κ2) is 7.74. The summed E-state index contributed by atoms with van der Waals surface area (Å²) in [6.45, 7) is 9.30. The summed E-state index contributed by atoms with van der Waals surface area (Å²) in [6, 6.07) is 9.76. The lowest BCUT2D eigenvalue weighted by Gasteiger charge is -2.29. The number of hydrogen-bond donors (Lipinski definition) is 1. The smallest absolute Gasteiger partial charge is 0.134 e. The minimum absolute atomic E-state index is 0.431. The quantitative estimate of drug-likeness (QED) is 0.604. The van der Waals surface area contributed by atoms with Crippen molar-refractivity contribution in [1.29, 1.82) is 5.26 Å². The molecule has 0 aliphatic rings. The molecule has 2 nitrogen and oxygen atoms in total. The molecule has 2 unspecified atom stereocenters. The average molecular weight is 285 g/mol. The molecule has 1 N–H and O–H groups in total. The molecule has 3 heteroatoms. The van der Waals surface area contributed by atoms with Crippen molar-refractivity contribution >= 4 is 11.8 Å². The normalized spacial score (nSPS) is 15.8. The van der Waals surface area contributed by atoms with E-state index < -0.39 is 10.9 Å². The van der Waals surface area contributed by atoms with Crippen molar-refractivity contribution in [1.82, 2.24) is 0 Å². The number of aliphatic hydroxyl groups is 1. The SMILES string of the molecule is C=C/C=C(\C=C)C(O)CC(C)(SC#N)c1ccccc1. The van der Waals surface area contributed by atoms with E-state index in [0.29, 0.717) is 12.0 Å². The lowest BCUT2D eigenvalue weighted by Crippen LogP contribution is -2.25. The second-order valence-corrected chi connectivity index (χ2v) is 5.90. The van der Waals surface area contributed by atoms with Crippen molar-refractivity contribution in [2.45, 2.75) is 24.2 Å². The Morgan fingerprint density at radius 3 is 2.60 bits per heavy atom. The summed E-state index contributed by atoms with van der Waals surface area (Å²) >= 11 is 1.16. The Labute approximate surface area is 125 Å². The number of nitriles is 1. The van der Waals surface area contributed by atoms with Crippen LogP contribution in [-0.4, -0.2) is 11.2 Å². The Hall–Kier alpha value is -1.76. The highest BCUT2D eigenvalue weighted by molar-refractivity contribution is 8.04. The monoisotopic (exact) mass is 285 g/mol. The first kappa shape index (κ1) is 16.3. The van der Waals surface area contributed by atoms with Crippen molar-refractivity contribution in [3.8, 4) is 5.40 Å². The topological polar surface area (TPSA) is 44.0 Å². The Morgan fingerprint density at radius 1 is 1.45 bits per heavy atom. The molecule has 0 heterocycles. The van der Waals surface area contributed by atoms with Gasteiger partial charge in [-0.3, -0.25) is 0 Å². The van der Waals surface area contributed by atoms with Gasteiger partial charge in [-0.1, -0.05) is 61.7 Å². The zero-order valence-electron chi connectivity index (χ0n) is 11.6. The Bertz CT molecular complexity index is 530. The number of benzene rings is 1. The van der Waals surface area contributed by atoms with Crippen molar-refractivity contribution in [2.24, 2.45) is 0 Å². The summed E-state index contributed by atoms with van der Waals surface area (Å²) in [6.07, 6.45) is 4.73. The number of thioether (sulfide) groups is 1. The first-order valence-electron chi connectivity index (χ1n) is 6.33. The summed E-state index contributed by atoms with van der Waals surface area (Å²) < 4.78 is -0.474. The number of nitrogens with zero attached hydrogens (tertiary/aromatic N) is 1. The van der Waals surface area contributed by atoms with Crippen LogP contribution in [0.3, 0.4) is 0 Å². The van der Waals surface area contributed by atoms with Gasteiger partial charge in [0.1, 0.15) is 5.40 Å². The number of aliphatic hydroxyl groups excluding tert-OH is 1. The number of allylic oxidation sites excluding steroid dienone is 2. The van der Waals surface area contributed by atoms with Gasteiger partial charge >= 0.3 is 0 Å². The highest BCUT2D eigenvalue weighted by atomic mass is 32.2. The van der Waals surface area contributed by atoms with Crippen LogP contribution in [0.5, 0.6) is 0 Å². The molecule has 104 valence electrons. The zero-order chi connectivity index (χ0) is 15.0. The molecule has 1 rings (SSSR count). The molecule has 0 aliphatic carbocycles. The van der Waals surface area contributed by atoms with Gasteiger partial charge in [0.25, 0.3) is 0 Å². The van der Waals surface area contributed by atoms with E-state index in [4.69, 9.17) is 5.26 Å². The maximum absolute atomic E-state index is 10.4. The number of thiocyanates is 1. The van der Waals surface area contributed by atoms with Crippen LogP contribution in [-0.2, 0) is 4.75 Å². The van der Waals surface area contributed by atoms with E-state index in [-0.39, 0.29) is 0 Å². The van der Waals surface area contributed by atoms with Crippen LogP contribution in [0.4, 0.5) is 0 Å². The molecule has 0 radical (unpaired) electrons. The molecule has 0 fully saturated rings. The summed E-state index contributed by atoms with van der Waals surface area (Å²) in [5, 5.41) is 21.6. The highest BCUT2D eigenvalue weighted by Gasteiger charge is 2.31. The molecule has 1 aromatic rings. The van der Waals surface area contributed by atoms with Crippen molar-refractivity contribution in [3.05, 3.63) is 72.9 Å². The van der Waals surface area contributed by atoms with Crippen molar-refractivity contribution in [2.75, 3.05) is 0 Å². The average Bonchev–Trinajstić information content (AvgIpc) is 2.45. The van der Waals surface area contributed by atoms with E-state index in [1.807, 2.05) is 37.3 Å². The van der Waals surface area contributed by atoms with Crippen molar-refractivity contribution in [3.63, 3.8) is 0 Å². The second-order valence-electron chi connectivity index (χ2n) is 4.62.